The Morgan fingerprint density at radius 2 is 0.782 bits per heavy atom. The van der Waals surface area contributed by atoms with Crippen LogP contribution in [0.2, 0.25) is 0 Å². The molecular formula is C36H71N13O6. The molecular weight excluding hydrogens is 710 g/mol. The van der Waals surface area contributed by atoms with E-state index in [0.29, 0.717) is 175 Å². The van der Waals surface area contributed by atoms with Crippen molar-refractivity contribution in [2.24, 2.45) is 28.0 Å². The van der Waals surface area contributed by atoms with Crippen LogP contribution in [0.3, 0.4) is 0 Å². The predicted molar refractivity (Wildman–Crippen MR) is 214 cm³/mol. The number of hydrogen-bond acceptors (Lipinski definition) is 14. The number of azide groups is 1. The van der Waals surface area contributed by atoms with Crippen LogP contribution in [0, 0.1) is 0 Å². The molecule has 0 aliphatic heterocycles. The van der Waals surface area contributed by atoms with E-state index in [1.807, 2.05) is 14.7 Å². The normalized spacial score (nSPS) is 11.1. The standard InChI is InChI=1S/C36H71N13O6/c37-14-1-5-31(50)8-23-48(24-9-32(51)6-2-15-38)29-20-43-35(54)11-26-47(22-4-18-45-46-41)27-12-36(55)44-21-30-49(25-10-33(52)7-3-16-39)28-13-34(53)42-19-17-40/h1-30,37-40H2,(H,42,53)(H,43,54)(H,44,55). The predicted octanol–water partition coefficient (Wildman–Crippen LogP) is -0.835. The Kier molecular flexibility index (Phi) is 33.8. The third-order valence-electron chi connectivity index (χ3n) is 8.83. The Morgan fingerprint density at radius 3 is 1.13 bits per heavy atom. The van der Waals surface area contributed by atoms with Crippen LogP contribution in [0.5, 0.6) is 0 Å². The largest absolute Gasteiger partial charge is 0.355 e. The lowest BCUT2D eigenvalue weighted by molar-refractivity contribution is -0.123. The molecule has 55 heavy (non-hydrogen) atoms. The van der Waals surface area contributed by atoms with E-state index in [0.717, 1.165) is 0 Å². The van der Waals surface area contributed by atoms with Crippen LogP contribution in [0.15, 0.2) is 5.11 Å². The zero-order valence-corrected chi connectivity index (χ0v) is 33.2. The topological polar surface area (TPSA) is 301 Å². The smallest absolute Gasteiger partial charge is 0.221 e. The summed E-state index contributed by atoms with van der Waals surface area (Å²) in [5.74, 6) is -0.128. The number of carbonyl (C=O) groups is 6. The highest BCUT2D eigenvalue weighted by Gasteiger charge is 2.15. The molecule has 0 aromatic heterocycles. The van der Waals surface area contributed by atoms with Crippen molar-refractivity contribution >= 4 is 35.1 Å². The molecule has 0 saturated carbocycles. The van der Waals surface area contributed by atoms with Crippen molar-refractivity contribution in [3.63, 3.8) is 0 Å². The molecule has 0 bridgehead atoms. The monoisotopic (exact) mass is 782 g/mol. The second-order valence-corrected chi connectivity index (χ2v) is 13.5. The number of amides is 3. The number of nitrogens with zero attached hydrogens (tertiary/aromatic N) is 6. The van der Waals surface area contributed by atoms with Crippen LogP contribution in [0.1, 0.15) is 83.5 Å². The lowest BCUT2D eigenvalue weighted by atomic mass is 10.1. The van der Waals surface area contributed by atoms with Gasteiger partial charge in [0.2, 0.25) is 17.7 Å². The van der Waals surface area contributed by atoms with Crippen LogP contribution < -0.4 is 38.9 Å². The molecule has 0 aromatic carbocycles. The number of rotatable bonds is 39. The molecule has 0 atom stereocenters. The van der Waals surface area contributed by atoms with E-state index in [1.54, 1.807) is 0 Å². The Bertz CT molecular complexity index is 1020. The van der Waals surface area contributed by atoms with Crippen molar-refractivity contribution in [1.29, 1.82) is 0 Å². The molecule has 0 heterocycles. The highest BCUT2D eigenvalue weighted by Crippen LogP contribution is 2.04. The van der Waals surface area contributed by atoms with Gasteiger partial charge in [-0.15, -0.1) is 0 Å². The molecule has 0 fully saturated rings. The van der Waals surface area contributed by atoms with Gasteiger partial charge >= 0.3 is 0 Å². The highest BCUT2D eigenvalue weighted by molar-refractivity contribution is 5.80. The minimum Gasteiger partial charge on any atom is -0.355 e. The molecule has 19 nitrogen and oxygen atoms in total. The molecule has 19 heteroatoms. The van der Waals surface area contributed by atoms with Crippen molar-refractivity contribution < 1.29 is 28.8 Å². The van der Waals surface area contributed by atoms with E-state index in [4.69, 9.17) is 28.5 Å². The number of Topliss-reactive ketones (excluding diaryl/α,β-unsaturated/α-hetero) is 3. The Labute approximate surface area is 327 Å². The fourth-order valence-corrected chi connectivity index (χ4v) is 5.50. The van der Waals surface area contributed by atoms with Gasteiger partial charge in [-0.25, -0.2) is 0 Å². The minimum absolute atomic E-state index is 0.105. The lowest BCUT2D eigenvalue weighted by Gasteiger charge is -2.24. The molecule has 0 aromatic rings. The maximum absolute atomic E-state index is 12.8. The van der Waals surface area contributed by atoms with E-state index < -0.39 is 0 Å². The first kappa shape index (κ1) is 51.5. The second-order valence-electron chi connectivity index (χ2n) is 13.5. The first-order valence-electron chi connectivity index (χ1n) is 19.9. The molecule has 316 valence electrons. The molecule has 0 aliphatic carbocycles. The first-order valence-corrected chi connectivity index (χ1v) is 19.9. The zero-order valence-electron chi connectivity index (χ0n) is 33.2. The molecule has 11 N–H and O–H groups in total. The van der Waals surface area contributed by atoms with Gasteiger partial charge in [0.25, 0.3) is 0 Å². The van der Waals surface area contributed by atoms with E-state index in [2.05, 4.69) is 26.0 Å². The Hall–Kier alpha value is -3.55. The van der Waals surface area contributed by atoms with Crippen LogP contribution in [-0.2, 0) is 28.8 Å². The van der Waals surface area contributed by atoms with Gasteiger partial charge in [-0.3, -0.25) is 28.8 Å². The molecule has 3 amide bonds. The van der Waals surface area contributed by atoms with Gasteiger partial charge in [0.1, 0.15) is 17.3 Å². The fraction of sp³-hybridized carbons (Fsp3) is 0.833. The van der Waals surface area contributed by atoms with E-state index in [-0.39, 0.29) is 54.3 Å². The summed E-state index contributed by atoms with van der Waals surface area (Å²) in [4.78, 5) is 83.2. The number of hydrogen-bond donors (Lipinski definition) is 7. The summed E-state index contributed by atoms with van der Waals surface area (Å²) in [6.07, 6.45) is 5.39. The Balaban J connectivity index is 5.00. The summed E-state index contributed by atoms with van der Waals surface area (Å²) >= 11 is 0. The molecule has 0 radical (unpaired) electrons. The van der Waals surface area contributed by atoms with Crippen molar-refractivity contribution in [2.75, 3.05) is 111 Å². The summed E-state index contributed by atoms with van der Waals surface area (Å²) in [5.41, 5.74) is 30.7. The van der Waals surface area contributed by atoms with Gasteiger partial charge < -0.3 is 53.6 Å². The number of carbonyl (C=O) groups excluding carboxylic acids is 6. The summed E-state index contributed by atoms with van der Waals surface area (Å²) in [5, 5.41) is 12.2. The summed E-state index contributed by atoms with van der Waals surface area (Å²) in [7, 11) is 0. The van der Waals surface area contributed by atoms with Crippen LogP contribution in [-0.4, -0.2) is 161 Å². The first-order chi connectivity index (χ1) is 26.6. The quantitative estimate of drug-likeness (QED) is 0.0174. The maximum Gasteiger partial charge on any atom is 0.221 e. The average Bonchev–Trinajstić information content (AvgIpc) is 3.18. The van der Waals surface area contributed by atoms with Crippen LogP contribution in [0.25, 0.3) is 10.4 Å². The zero-order chi connectivity index (χ0) is 40.9. The fourth-order valence-electron chi connectivity index (χ4n) is 5.50. The average molecular weight is 782 g/mol. The molecule has 0 aliphatic rings. The third-order valence-corrected chi connectivity index (χ3v) is 8.83. The molecule has 0 spiro atoms. The van der Waals surface area contributed by atoms with Gasteiger partial charge in [-0.1, -0.05) is 5.11 Å². The molecule has 0 saturated heterocycles. The van der Waals surface area contributed by atoms with Crippen LogP contribution >= 0.6 is 0 Å². The van der Waals surface area contributed by atoms with E-state index in [1.165, 1.54) is 0 Å². The number of nitrogens with one attached hydrogen (secondary N) is 3. The highest BCUT2D eigenvalue weighted by atomic mass is 16.2. The second kappa shape index (κ2) is 36.1. The third kappa shape index (κ3) is 32.4. The SMILES string of the molecule is [N-]=[N+]=NCCCN(CCC(=O)NCCN(CCC(=O)CCCN)CCC(=O)CCCN)CCC(=O)NCCN(CCC(=O)CCCN)CCC(=O)NCCN. The summed E-state index contributed by atoms with van der Waals surface area (Å²) in [6, 6.07) is 0. The van der Waals surface area contributed by atoms with Crippen molar-refractivity contribution in [2.45, 2.75) is 83.5 Å². The van der Waals surface area contributed by atoms with Gasteiger partial charge in [0.15, 0.2) is 0 Å². The van der Waals surface area contributed by atoms with Crippen molar-refractivity contribution in [3.05, 3.63) is 10.4 Å². The van der Waals surface area contributed by atoms with Gasteiger partial charge in [-0.05, 0) is 57.4 Å². The Morgan fingerprint density at radius 1 is 0.436 bits per heavy atom. The lowest BCUT2D eigenvalue weighted by Crippen LogP contribution is -2.40. The summed E-state index contributed by atoms with van der Waals surface area (Å²) < 4.78 is 0. The van der Waals surface area contributed by atoms with Crippen molar-refractivity contribution in [1.82, 2.24) is 30.7 Å². The minimum atomic E-state index is -0.174. The number of ketones is 3. The van der Waals surface area contributed by atoms with E-state index in [9.17, 15) is 28.8 Å². The molecule has 0 unspecified atom stereocenters. The summed E-state index contributed by atoms with van der Waals surface area (Å²) in [6.45, 7) is 7.20. The molecule has 0 rings (SSSR count). The van der Waals surface area contributed by atoms with E-state index >= 15 is 0 Å². The van der Waals surface area contributed by atoms with Crippen LogP contribution in [0.4, 0.5) is 0 Å². The maximum atomic E-state index is 12.8. The van der Waals surface area contributed by atoms with Gasteiger partial charge in [0, 0.05) is 148 Å². The number of nitrogens with two attached hydrogens (primary N) is 4. The van der Waals surface area contributed by atoms with Gasteiger partial charge in [-0.2, -0.15) is 0 Å². The van der Waals surface area contributed by atoms with Crippen molar-refractivity contribution in [3.8, 4) is 0 Å². The van der Waals surface area contributed by atoms with Gasteiger partial charge in [0.05, 0.1) is 0 Å².